The molecule has 0 N–H and O–H groups in total. The fourth-order valence-corrected chi connectivity index (χ4v) is 15.1. The Morgan fingerprint density at radius 1 is 0.603 bits per heavy atom. The average molecular weight is 941 g/mol. The van der Waals surface area contributed by atoms with E-state index in [0.717, 1.165) is 113 Å². The van der Waals surface area contributed by atoms with E-state index in [1.807, 2.05) is 69.6 Å². The molecule has 6 saturated heterocycles. The smallest absolute Gasteiger partial charge is 0.497 e. The maximum atomic E-state index is 7.42. The summed E-state index contributed by atoms with van der Waals surface area (Å²) >= 11 is 0. The molecule has 6 aliphatic rings. The van der Waals surface area contributed by atoms with Gasteiger partial charge in [0.1, 0.15) is 23.7 Å². The first-order valence-corrected chi connectivity index (χ1v) is 27.1. The van der Waals surface area contributed by atoms with E-state index >= 15 is 0 Å². The lowest BCUT2D eigenvalue weighted by Crippen LogP contribution is -2.56. The van der Waals surface area contributed by atoms with E-state index in [-0.39, 0.29) is 24.3 Å². The van der Waals surface area contributed by atoms with Crippen LogP contribution in [0.5, 0.6) is 23.3 Å². The number of hydrogen-bond donors (Lipinski definition) is 0. The Balaban J connectivity index is 1.01. The van der Waals surface area contributed by atoms with Crippen molar-refractivity contribution in [1.82, 2.24) is 30.0 Å². The molecule has 6 fully saturated rings. The van der Waals surface area contributed by atoms with Gasteiger partial charge in [-0.2, -0.15) is 0 Å². The van der Waals surface area contributed by atoms with Crippen molar-refractivity contribution in [2.45, 2.75) is 96.6 Å². The fraction of sp³-hybridized carbons (Fsp3) is 0.519. The van der Waals surface area contributed by atoms with Crippen LogP contribution in [0.3, 0.4) is 0 Å². The Hall–Kier alpha value is -4.96. The number of aromatic nitrogens is 4. The average Bonchev–Trinajstić information content (AvgIpc) is 3.39. The van der Waals surface area contributed by atoms with Gasteiger partial charge in [-0.15, -0.1) is 10.2 Å². The van der Waals surface area contributed by atoms with Crippen molar-refractivity contribution >= 4 is 41.4 Å². The zero-order chi connectivity index (χ0) is 46.8. The van der Waals surface area contributed by atoms with Gasteiger partial charge >= 0.3 is 8.80 Å². The number of rotatable bonds is 20. The maximum absolute atomic E-state index is 7.42. The Labute approximate surface area is 402 Å². The molecule has 3 aromatic carbocycles. The van der Waals surface area contributed by atoms with Crippen LogP contribution in [-0.2, 0) is 13.3 Å². The van der Waals surface area contributed by atoms with Crippen LogP contribution in [0.15, 0.2) is 85.2 Å². The Kier molecular flexibility index (Phi) is 14.1. The van der Waals surface area contributed by atoms with Gasteiger partial charge in [-0.05, 0) is 150 Å². The minimum Gasteiger partial charge on any atom is -0.497 e. The van der Waals surface area contributed by atoms with Crippen molar-refractivity contribution in [2.75, 3.05) is 60.2 Å². The standard InChI is InChI=1S/C54H68N6O7Si/c1-7-35-33-59-26-21-36(35)29-49(59)51(41-19-24-55-47-17-15-39(61-5)31-45(41)47)66-53-43-13-11-12-14-44(43)54(58-57-53)67-52(42-20-25-56-48-18-16-40(62-6)32-46(42)48)50-30-37-22-27-60(50)34-38(37)23-28-68(63-8-2,64-9-3)65-10-4/h11-20,24-25,31-32,35-38,49-52H,7-10,21-23,26-30,33-34H2,1-6H3/t35?,36?,37?,38?,49?,50?,51-,52-/m0/s1. The largest absolute Gasteiger partial charge is 0.500 e. The summed E-state index contributed by atoms with van der Waals surface area (Å²) < 4.78 is 45.2. The SMILES string of the molecule is CCO[Si](CCC1CN2CCC1CC2[C@@H](Oc1nnc(O[C@@H](c2ccnc3ccc(OC)cc23)C2CC3CCN2CC3CC)c2ccccc12)c1ccnc2ccc(OC)cc12)(OCC)OCC. The molecule has 10 atom stereocenters. The first-order valence-electron chi connectivity index (χ1n) is 25.2. The molecule has 360 valence electrons. The molecule has 12 rings (SSSR count). The molecule has 0 aliphatic carbocycles. The van der Waals surface area contributed by atoms with Gasteiger partial charge in [0.2, 0.25) is 11.8 Å². The van der Waals surface area contributed by atoms with Gasteiger partial charge in [-0.1, -0.05) is 25.5 Å². The zero-order valence-corrected chi connectivity index (χ0v) is 41.6. The summed E-state index contributed by atoms with van der Waals surface area (Å²) in [4.78, 5) is 14.9. The predicted molar refractivity (Wildman–Crippen MR) is 266 cm³/mol. The molecule has 68 heavy (non-hydrogen) atoms. The summed E-state index contributed by atoms with van der Waals surface area (Å²) in [7, 11) is 0.636. The van der Waals surface area contributed by atoms with Crippen LogP contribution >= 0.6 is 0 Å². The molecule has 0 spiro atoms. The number of methoxy groups -OCH3 is 2. The van der Waals surface area contributed by atoms with Crippen LogP contribution in [0.2, 0.25) is 6.04 Å². The van der Waals surface area contributed by atoms with Gasteiger partial charge < -0.3 is 32.2 Å². The summed E-state index contributed by atoms with van der Waals surface area (Å²) in [5, 5.41) is 13.7. The van der Waals surface area contributed by atoms with Gasteiger partial charge in [0.05, 0.1) is 48.1 Å². The molecule has 8 unspecified atom stereocenters. The molecule has 6 aliphatic heterocycles. The Morgan fingerprint density at radius 2 is 1.09 bits per heavy atom. The first-order chi connectivity index (χ1) is 33.4. The third-order valence-electron chi connectivity index (χ3n) is 15.7. The first kappa shape index (κ1) is 46.8. The maximum Gasteiger partial charge on any atom is 0.500 e. The van der Waals surface area contributed by atoms with Gasteiger partial charge in [0, 0.05) is 73.2 Å². The van der Waals surface area contributed by atoms with Crippen LogP contribution in [0, 0.1) is 23.7 Å². The molecular weight excluding hydrogens is 873 g/mol. The molecule has 13 nitrogen and oxygen atoms in total. The third-order valence-corrected chi connectivity index (χ3v) is 18.8. The minimum absolute atomic E-state index is 0.0787. The highest BCUT2D eigenvalue weighted by atomic mass is 28.4. The number of piperidine rings is 6. The highest BCUT2D eigenvalue weighted by molar-refractivity contribution is 6.60. The van der Waals surface area contributed by atoms with Crippen LogP contribution in [-0.4, -0.2) is 111 Å². The number of hydrogen-bond acceptors (Lipinski definition) is 13. The number of benzene rings is 3. The molecule has 4 bridgehead atoms. The third kappa shape index (κ3) is 9.15. The van der Waals surface area contributed by atoms with Gasteiger partial charge in [0.15, 0.2) is 0 Å². The van der Waals surface area contributed by atoms with Crippen molar-refractivity contribution in [2.24, 2.45) is 23.7 Å². The van der Waals surface area contributed by atoms with E-state index < -0.39 is 8.80 Å². The van der Waals surface area contributed by atoms with Crippen LogP contribution < -0.4 is 18.9 Å². The van der Waals surface area contributed by atoms with Gasteiger partial charge in [-0.25, -0.2) is 0 Å². The van der Waals surface area contributed by atoms with Crippen molar-refractivity contribution in [1.29, 1.82) is 0 Å². The van der Waals surface area contributed by atoms with E-state index in [0.29, 0.717) is 55.3 Å². The van der Waals surface area contributed by atoms with Gasteiger partial charge in [-0.3, -0.25) is 19.8 Å². The summed E-state index contributed by atoms with van der Waals surface area (Å²) in [6.45, 7) is 14.3. The topological polar surface area (TPSA) is 123 Å². The van der Waals surface area contributed by atoms with E-state index in [2.05, 4.69) is 53.1 Å². The van der Waals surface area contributed by atoms with E-state index in [1.54, 1.807) is 14.2 Å². The quantitative estimate of drug-likeness (QED) is 0.0676. The van der Waals surface area contributed by atoms with Crippen LogP contribution in [0.1, 0.15) is 89.6 Å². The minimum atomic E-state index is -2.78. The molecule has 3 aromatic heterocycles. The Morgan fingerprint density at radius 3 is 1.51 bits per heavy atom. The van der Waals surface area contributed by atoms with Crippen molar-refractivity contribution < 1.29 is 32.2 Å². The van der Waals surface area contributed by atoms with Crippen molar-refractivity contribution in [3.05, 3.63) is 96.3 Å². The molecule has 14 heteroatoms. The highest BCUT2D eigenvalue weighted by Gasteiger charge is 2.48. The number of ether oxygens (including phenoxy) is 4. The second kappa shape index (κ2) is 20.6. The number of pyridine rings is 2. The van der Waals surface area contributed by atoms with E-state index in [4.69, 9.17) is 52.4 Å². The van der Waals surface area contributed by atoms with E-state index in [1.165, 1.54) is 12.8 Å². The number of nitrogens with zero attached hydrogens (tertiary/aromatic N) is 6. The molecular formula is C54H68N6O7Si. The second-order valence-electron chi connectivity index (χ2n) is 19.1. The monoisotopic (exact) mass is 940 g/mol. The fourth-order valence-electron chi connectivity index (χ4n) is 12.4. The van der Waals surface area contributed by atoms with Crippen molar-refractivity contribution in [3.63, 3.8) is 0 Å². The highest BCUT2D eigenvalue weighted by Crippen LogP contribution is 2.48. The molecule has 9 heterocycles. The lowest BCUT2D eigenvalue weighted by Gasteiger charge is -2.52. The lowest BCUT2D eigenvalue weighted by atomic mass is 9.72. The summed E-state index contributed by atoms with van der Waals surface area (Å²) in [5.41, 5.74) is 3.92. The van der Waals surface area contributed by atoms with Crippen LogP contribution in [0.4, 0.5) is 0 Å². The predicted octanol–water partition coefficient (Wildman–Crippen LogP) is 10.3. The molecule has 0 saturated carbocycles. The summed E-state index contributed by atoms with van der Waals surface area (Å²) in [5.74, 6) is 4.88. The lowest BCUT2D eigenvalue weighted by molar-refractivity contribution is -0.0513. The van der Waals surface area contributed by atoms with Gasteiger partial charge in [0.25, 0.3) is 0 Å². The summed E-state index contributed by atoms with van der Waals surface area (Å²) in [6.07, 6.45) is 9.68. The Bertz CT molecular complexity index is 2680. The molecule has 0 radical (unpaired) electrons. The van der Waals surface area contributed by atoms with Crippen LogP contribution in [0.25, 0.3) is 32.6 Å². The molecule has 0 amide bonds. The number of fused-ring (bicyclic) bond motifs is 9. The van der Waals surface area contributed by atoms with E-state index in [9.17, 15) is 0 Å². The molecule has 6 aromatic rings. The zero-order valence-electron chi connectivity index (χ0n) is 40.6. The normalized spacial score (nSPS) is 25.4. The second-order valence-corrected chi connectivity index (χ2v) is 21.9. The summed E-state index contributed by atoms with van der Waals surface area (Å²) in [6, 6.07) is 25.7. The van der Waals surface area contributed by atoms with Crippen molar-refractivity contribution in [3.8, 4) is 23.3 Å².